The summed E-state index contributed by atoms with van der Waals surface area (Å²) >= 11 is 0. The van der Waals surface area contributed by atoms with Gasteiger partial charge < -0.3 is 19.9 Å². The summed E-state index contributed by atoms with van der Waals surface area (Å²) < 4.78 is 9.72. The van der Waals surface area contributed by atoms with E-state index >= 15 is 0 Å². The largest absolute Gasteiger partial charge is 0.479 e. The molecule has 0 aromatic heterocycles. The van der Waals surface area contributed by atoms with E-state index in [1.54, 1.807) is 12.1 Å². The molecule has 0 saturated carbocycles. The number of benzene rings is 1. The summed E-state index contributed by atoms with van der Waals surface area (Å²) in [6.45, 7) is 0. The lowest BCUT2D eigenvalue weighted by atomic mass is 10.1. The molecule has 1 aliphatic rings. The van der Waals surface area contributed by atoms with Crippen LogP contribution in [0.1, 0.15) is 23.2 Å². The van der Waals surface area contributed by atoms with Gasteiger partial charge in [0.15, 0.2) is 6.10 Å². The van der Waals surface area contributed by atoms with Crippen LogP contribution in [0.3, 0.4) is 0 Å². The number of amides is 1. The number of rotatable bonds is 4. The first-order valence-corrected chi connectivity index (χ1v) is 6.38. The standard InChI is InChI=1S/C14H15NO6/c1-20-14(19)8-2-4-9(5-3-8)15-12(16)10-6-7-11(21-10)13(17)18/h2-5,10-11H,6-7H2,1H3,(H,15,16)(H,17,18)/t10-,11+/m0/s1. The highest BCUT2D eigenvalue weighted by Crippen LogP contribution is 2.21. The Hall–Kier alpha value is -2.41. The van der Waals surface area contributed by atoms with E-state index in [0.29, 0.717) is 24.1 Å². The molecule has 0 spiro atoms. The Kier molecular flexibility index (Phi) is 4.54. The van der Waals surface area contributed by atoms with Crippen molar-refractivity contribution in [2.75, 3.05) is 12.4 Å². The van der Waals surface area contributed by atoms with Crippen LogP contribution in [0.2, 0.25) is 0 Å². The molecular formula is C14H15NO6. The number of methoxy groups -OCH3 is 1. The number of carbonyl (C=O) groups excluding carboxylic acids is 2. The first-order chi connectivity index (χ1) is 10.0. The van der Waals surface area contributed by atoms with Gasteiger partial charge in [-0.2, -0.15) is 0 Å². The SMILES string of the molecule is COC(=O)c1ccc(NC(=O)[C@@H]2CC[C@H](C(=O)O)O2)cc1. The second kappa shape index (κ2) is 6.36. The van der Waals surface area contributed by atoms with Crippen molar-refractivity contribution in [1.82, 2.24) is 0 Å². The minimum Gasteiger partial charge on any atom is -0.479 e. The van der Waals surface area contributed by atoms with Gasteiger partial charge in [0.1, 0.15) is 6.10 Å². The molecule has 0 radical (unpaired) electrons. The van der Waals surface area contributed by atoms with Gasteiger partial charge >= 0.3 is 11.9 Å². The lowest BCUT2D eigenvalue weighted by Gasteiger charge is -2.12. The average molecular weight is 293 g/mol. The molecule has 2 atom stereocenters. The Morgan fingerprint density at radius 1 is 1.19 bits per heavy atom. The van der Waals surface area contributed by atoms with E-state index < -0.39 is 30.1 Å². The predicted octanol–water partition coefficient (Wildman–Crippen LogP) is 1.04. The second-order valence-electron chi connectivity index (χ2n) is 4.59. The van der Waals surface area contributed by atoms with E-state index in [4.69, 9.17) is 9.84 Å². The van der Waals surface area contributed by atoms with Crippen molar-refractivity contribution in [2.24, 2.45) is 0 Å². The quantitative estimate of drug-likeness (QED) is 0.804. The lowest BCUT2D eigenvalue weighted by molar-refractivity contribution is -0.150. The molecule has 1 aromatic carbocycles. The van der Waals surface area contributed by atoms with Crippen LogP contribution in [0.25, 0.3) is 0 Å². The molecule has 112 valence electrons. The van der Waals surface area contributed by atoms with Crippen LogP contribution in [-0.4, -0.2) is 42.3 Å². The maximum atomic E-state index is 11.9. The number of ether oxygens (including phenoxy) is 2. The van der Waals surface area contributed by atoms with Crippen LogP contribution in [0.4, 0.5) is 5.69 Å². The topological polar surface area (TPSA) is 102 Å². The highest BCUT2D eigenvalue weighted by atomic mass is 16.5. The Morgan fingerprint density at radius 3 is 2.33 bits per heavy atom. The van der Waals surface area contributed by atoms with Crippen molar-refractivity contribution >= 4 is 23.5 Å². The van der Waals surface area contributed by atoms with Crippen LogP contribution < -0.4 is 5.32 Å². The number of aliphatic carboxylic acids is 1. The molecule has 2 N–H and O–H groups in total. The lowest BCUT2D eigenvalue weighted by Crippen LogP contribution is -2.29. The second-order valence-corrected chi connectivity index (χ2v) is 4.59. The molecule has 21 heavy (non-hydrogen) atoms. The van der Waals surface area contributed by atoms with Gasteiger partial charge in [-0.25, -0.2) is 9.59 Å². The Balaban J connectivity index is 1.94. The van der Waals surface area contributed by atoms with E-state index in [-0.39, 0.29) is 0 Å². The smallest absolute Gasteiger partial charge is 0.337 e. The zero-order valence-electron chi connectivity index (χ0n) is 11.4. The van der Waals surface area contributed by atoms with Crippen LogP contribution >= 0.6 is 0 Å². The fourth-order valence-corrected chi connectivity index (χ4v) is 2.04. The van der Waals surface area contributed by atoms with E-state index in [1.807, 2.05) is 0 Å². The molecular weight excluding hydrogens is 278 g/mol. The Labute approximate surface area is 120 Å². The predicted molar refractivity (Wildman–Crippen MR) is 71.9 cm³/mol. The number of hydrogen-bond donors (Lipinski definition) is 2. The molecule has 1 aliphatic heterocycles. The summed E-state index contributed by atoms with van der Waals surface area (Å²) in [7, 11) is 1.29. The maximum Gasteiger partial charge on any atom is 0.337 e. The first kappa shape index (κ1) is 15.0. The van der Waals surface area contributed by atoms with Crippen LogP contribution in [0, 0.1) is 0 Å². The molecule has 1 saturated heterocycles. The fourth-order valence-electron chi connectivity index (χ4n) is 2.04. The summed E-state index contributed by atoms with van der Waals surface area (Å²) in [5, 5.41) is 11.4. The molecule has 2 rings (SSSR count). The van der Waals surface area contributed by atoms with Gasteiger partial charge in [0.25, 0.3) is 5.91 Å². The molecule has 1 aromatic rings. The zero-order valence-corrected chi connectivity index (χ0v) is 11.4. The third kappa shape index (κ3) is 3.57. The van der Waals surface area contributed by atoms with Gasteiger partial charge in [0.2, 0.25) is 0 Å². The van der Waals surface area contributed by atoms with Crippen molar-refractivity contribution in [3.63, 3.8) is 0 Å². The number of nitrogens with one attached hydrogen (secondary N) is 1. The molecule has 7 heteroatoms. The number of anilines is 1. The molecule has 0 aliphatic carbocycles. The normalized spacial score (nSPS) is 20.8. The van der Waals surface area contributed by atoms with E-state index in [9.17, 15) is 14.4 Å². The highest BCUT2D eigenvalue weighted by molar-refractivity contribution is 5.95. The minimum atomic E-state index is -1.06. The minimum absolute atomic E-state index is 0.314. The number of esters is 1. The van der Waals surface area contributed by atoms with Gasteiger partial charge in [-0.05, 0) is 37.1 Å². The van der Waals surface area contributed by atoms with Crippen LogP contribution in [0.5, 0.6) is 0 Å². The molecule has 1 fully saturated rings. The summed E-state index contributed by atoms with van der Waals surface area (Å²) in [5.74, 6) is -1.92. The monoisotopic (exact) mass is 293 g/mol. The highest BCUT2D eigenvalue weighted by Gasteiger charge is 2.34. The zero-order chi connectivity index (χ0) is 15.4. The number of hydrogen-bond acceptors (Lipinski definition) is 5. The summed E-state index contributed by atoms with van der Waals surface area (Å²) in [5.41, 5.74) is 0.869. The van der Waals surface area contributed by atoms with Crippen molar-refractivity contribution < 1.29 is 29.0 Å². The Morgan fingerprint density at radius 2 is 1.81 bits per heavy atom. The average Bonchev–Trinajstić information content (AvgIpc) is 2.97. The van der Waals surface area contributed by atoms with E-state index in [2.05, 4.69) is 10.1 Å². The van der Waals surface area contributed by atoms with Gasteiger partial charge in [0.05, 0.1) is 12.7 Å². The summed E-state index contributed by atoms with van der Waals surface area (Å²) in [4.78, 5) is 34.0. The molecule has 0 unspecified atom stereocenters. The van der Waals surface area contributed by atoms with Crippen LogP contribution in [0.15, 0.2) is 24.3 Å². The summed E-state index contributed by atoms with van der Waals surface area (Å²) in [6, 6.07) is 6.18. The first-order valence-electron chi connectivity index (χ1n) is 6.38. The Bertz CT molecular complexity index is 553. The van der Waals surface area contributed by atoms with Gasteiger partial charge in [0, 0.05) is 5.69 Å². The van der Waals surface area contributed by atoms with Gasteiger partial charge in [-0.3, -0.25) is 4.79 Å². The van der Waals surface area contributed by atoms with Crippen LogP contribution in [-0.2, 0) is 19.1 Å². The third-order valence-corrected chi connectivity index (χ3v) is 3.16. The van der Waals surface area contributed by atoms with Gasteiger partial charge in [-0.1, -0.05) is 0 Å². The number of carbonyl (C=O) groups is 3. The molecule has 1 amide bonds. The fraction of sp³-hybridized carbons (Fsp3) is 0.357. The molecule has 7 nitrogen and oxygen atoms in total. The van der Waals surface area contributed by atoms with E-state index in [1.165, 1.54) is 19.2 Å². The molecule has 0 bridgehead atoms. The number of carboxylic acid groups (broad SMARTS) is 1. The van der Waals surface area contributed by atoms with Crippen molar-refractivity contribution in [1.29, 1.82) is 0 Å². The summed E-state index contributed by atoms with van der Waals surface area (Å²) in [6.07, 6.45) is -1.02. The molecule has 1 heterocycles. The van der Waals surface area contributed by atoms with Crippen molar-refractivity contribution in [3.05, 3.63) is 29.8 Å². The van der Waals surface area contributed by atoms with Gasteiger partial charge in [-0.15, -0.1) is 0 Å². The number of carboxylic acids is 1. The van der Waals surface area contributed by atoms with E-state index in [0.717, 1.165) is 0 Å². The third-order valence-electron chi connectivity index (χ3n) is 3.16. The van der Waals surface area contributed by atoms with Crippen molar-refractivity contribution in [3.8, 4) is 0 Å². The maximum absolute atomic E-state index is 11.9. The van der Waals surface area contributed by atoms with Crippen molar-refractivity contribution in [2.45, 2.75) is 25.0 Å².